The van der Waals surface area contributed by atoms with Gasteiger partial charge in [-0.2, -0.15) is 11.8 Å². The highest BCUT2D eigenvalue weighted by Crippen LogP contribution is 2.19. The SMILES string of the molecule is CCCc1cccc(C(CSC)NCC)c1. The topological polar surface area (TPSA) is 12.0 Å². The molecule has 1 aromatic rings. The highest BCUT2D eigenvalue weighted by Gasteiger charge is 2.09. The Bertz CT molecular complexity index is 293. The molecule has 1 nitrogen and oxygen atoms in total. The molecule has 0 saturated carbocycles. The Morgan fingerprint density at radius 3 is 2.75 bits per heavy atom. The van der Waals surface area contributed by atoms with Crippen LogP contribution in [-0.2, 0) is 6.42 Å². The standard InChI is InChI=1S/C14H23NS/c1-4-7-12-8-6-9-13(10-12)14(11-16-3)15-5-2/h6,8-10,14-15H,4-5,7,11H2,1-3H3. The number of rotatable bonds is 7. The maximum atomic E-state index is 3.55. The Morgan fingerprint density at radius 1 is 1.31 bits per heavy atom. The van der Waals surface area contributed by atoms with Crippen molar-refractivity contribution in [3.63, 3.8) is 0 Å². The van der Waals surface area contributed by atoms with Gasteiger partial charge in [-0.1, -0.05) is 44.5 Å². The fourth-order valence-electron chi connectivity index (χ4n) is 1.94. The van der Waals surface area contributed by atoms with E-state index in [1.54, 1.807) is 0 Å². The first-order chi connectivity index (χ1) is 7.81. The maximum absolute atomic E-state index is 3.55. The van der Waals surface area contributed by atoms with E-state index in [4.69, 9.17) is 0 Å². The molecule has 16 heavy (non-hydrogen) atoms. The Morgan fingerprint density at radius 2 is 2.12 bits per heavy atom. The van der Waals surface area contributed by atoms with E-state index in [9.17, 15) is 0 Å². The van der Waals surface area contributed by atoms with Gasteiger partial charge >= 0.3 is 0 Å². The van der Waals surface area contributed by atoms with Gasteiger partial charge in [0, 0.05) is 11.8 Å². The van der Waals surface area contributed by atoms with Gasteiger partial charge in [0.25, 0.3) is 0 Å². The van der Waals surface area contributed by atoms with Crippen molar-refractivity contribution in [1.82, 2.24) is 5.32 Å². The smallest absolute Gasteiger partial charge is 0.0411 e. The van der Waals surface area contributed by atoms with Gasteiger partial charge in [0.15, 0.2) is 0 Å². The minimum atomic E-state index is 0.497. The summed E-state index contributed by atoms with van der Waals surface area (Å²) in [7, 11) is 0. The van der Waals surface area contributed by atoms with E-state index in [0.717, 1.165) is 12.3 Å². The van der Waals surface area contributed by atoms with E-state index in [2.05, 4.69) is 49.7 Å². The van der Waals surface area contributed by atoms with Crippen molar-refractivity contribution in [3.05, 3.63) is 35.4 Å². The van der Waals surface area contributed by atoms with Crippen molar-refractivity contribution in [1.29, 1.82) is 0 Å². The number of benzene rings is 1. The second-order valence-electron chi connectivity index (χ2n) is 4.06. The lowest BCUT2D eigenvalue weighted by Gasteiger charge is -2.18. The van der Waals surface area contributed by atoms with E-state index in [1.807, 2.05) is 11.8 Å². The molecule has 2 heteroatoms. The molecule has 1 N–H and O–H groups in total. The zero-order valence-electron chi connectivity index (χ0n) is 10.6. The van der Waals surface area contributed by atoms with Crippen molar-refractivity contribution in [3.8, 4) is 0 Å². The first-order valence-corrected chi connectivity index (χ1v) is 7.52. The van der Waals surface area contributed by atoms with E-state index in [0.29, 0.717) is 6.04 Å². The van der Waals surface area contributed by atoms with Crippen LogP contribution in [0.5, 0.6) is 0 Å². The molecule has 0 aliphatic heterocycles. The monoisotopic (exact) mass is 237 g/mol. The zero-order valence-corrected chi connectivity index (χ0v) is 11.4. The second kappa shape index (κ2) is 7.75. The van der Waals surface area contributed by atoms with Gasteiger partial charge in [-0.05, 0) is 30.3 Å². The normalized spacial score (nSPS) is 12.7. The van der Waals surface area contributed by atoms with Crippen molar-refractivity contribution < 1.29 is 0 Å². The minimum Gasteiger partial charge on any atom is -0.310 e. The van der Waals surface area contributed by atoms with Crippen LogP contribution < -0.4 is 5.32 Å². The van der Waals surface area contributed by atoms with Gasteiger partial charge in [0.05, 0.1) is 0 Å². The van der Waals surface area contributed by atoms with Crippen molar-refractivity contribution >= 4 is 11.8 Å². The molecule has 0 fully saturated rings. The van der Waals surface area contributed by atoms with Crippen LogP contribution in [0.2, 0.25) is 0 Å². The zero-order chi connectivity index (χ0) is 11.8. The summed E-state index contributed by atoms with van der Waals surface area (Å²) >= 11 is 1.90. The third-order valence-corrected chi connectivity index (χ3v) is 3.34. The minimum absolute atomic E-state index is 0.497. The van der Waals surface area contributed by atoms with Crippen molar-refractivity contribution in [2.45, 2.75) is 32.7 Å². The lowest BCUT2D eigenvalue weighted by molar-refractivity contribution is 0.605. The molecule has 1 aromatic carbocycles. The average Bonchev–Trinajstić information content (AvgIpc) is 2.30. The van der Waals surface area contributed by atoms with E-state index in [-0.39, 0.29) is 0 Å². The summed E-state index contributed by atoms with van der Waals surface area (Å²) in [6.45, 7) is 5.43. The van der Waals surface area contributed by atoms with Gasteiger partial charge in [-0.15, -0.1) is 0 Å². The summed E-state index contributed by atoms with van der Waals surface area (Å²) in [5, 5.41) is 3.55. The fourth-order valence-corrected chi connectivity index (χ4v) is 2.58. The first kappa shape index (κ1) is 13.6. The average molecular weight is 237 g/mol. The highest BCUT2D eigenvalue weighted by atomic mass is 32.2. The number of thioether (sulfide) groups is 1. The van der Waals surface area contributed by atoms with Gasteiger partial charge in [0.2, 0.25) is 0 Å². The third-order valence-electron chi connectivity index (χ3n) is 2.68. The molecule has 0 aliphatic rings. The van der Waals surface area contributed by atoms with Gasteiger partial charge in [-0.25, -0.2) is 0 Å². The molecule has 1 atom stereocenters. The Hall–Kier alpha value is -0.470. The summed E-state index contributed by atoms with van der Waals surface area (Å²) in [6.07, 6.45) is 4.57. The Kier molecular flexibility index (Phi) is 6.58. The van der Waals surface area contributed by atoms with Crippen LogP contribution in [-0.4, -0.2) is 18.6 Å². The van der Waals surface area contributed by atoms with E-state index < -0.39 is 0 Å². The van der Waals surface area contributed by atoms with Crippen LogP contribution in [0.25, 0.3) is 0 Å². The molecular formula is C14H23NS. The number of aryl methyl sites for hydroxylation is 1. The molecule has 0 spiro atoms. The molecule has 0 radical (unpaired) electrons. The number of nitrogens with one attached hydrogen (secondary N) is 1. The van der Waals surface area contributed by atoms with E-state index in [1.165, 1.54) is 24.0 Å². The molecule has 1 unspecified atom stereocenters. The maximum Gasteiger partial charge on any atom is 0.0411 e. The molecule has 90 valence electrons. The van der Waals surface area contributed by atoms with Crippen LogP contribution in [0.3, 0.4) is 0 Å². The molecular weight excluding hydrogens is 214 g/mol. The molecule has 1 rings (SSSR count). The van der Waals surface area contributed by atoms with Crippen LogP contribution in [0.15, 0.2) is 24.3 Å². The largest absolute Gasteiger partial charge is 0.310 e. The Labute approximate surface area is 104 Å². The second-order valence-corrected chi connectivity index (χ2v) is 4.97. The fraction of sp³-hybridized carbons (Fsp3) is 0.571. The van der Waals surface area contributed by atoms with Gasteiger partial charge in [0.1, 0.15) is 0 Å². The quantitative estimate of drug-likeness (QED) is 0.777. The van der Waals surface area contributed by atoms with E-state index >= 15 is 0 Å². The van der Waals surface area contributed by atoms with Gasteiger partial charge in [-0.3, -0.25) is 0 Å². The summed E-state index contributed by atoms with van der Waals surface area (Å²) < 4.78 is 0. The van der Waals surface area contributed by atoms with Crippen LogP contribution in [0.1, 0.15) is 37.4 Å². The summed E-state index contributed by atoms with van der Waals surface area (Å²) in [5.74, 6) is 1.14. The molecule has 0 saturated heterocycles. The van der Waals surface area contributed by atoms with Crippen LogP contribution in [0, 0.1) is 0 Å². The van der Waals surface area contributed by atoms with Crippen LogP contribution >= 0.6 is 11.8 Å². The third kappa shape index (κ3) is 4.18. The summed E-state index contributed by atoms with van der Waals surface area (Å²) in [4.78, 5) is 0. The number of hydrogen-bond acceptors (Lipinski definition) is 2. The lowest BCUT2D eigenvalue weighted by Crippen LogP contribution is -2.22. The van der Waals surface area contributed by atoms with Crippen molar-refractivity contribution in [2.24, 2.45) is 0 Å². The Balaban J connectivity index is 2.77. The molecule has 0 bridgehead atoms. The summed E-state index contributed by atoms with van der Waals surface area (Å²) in [6, 6.07) is 9.51. The lowest BCUT2D eigenvalue weighted by atomic mass is 10.0. The molecule has 0 heterocycles. The summed E-state index contributed by atoms with van der Waals surface area (Å²) in [5.41, 5.74) is 2.89. The highest BCUT2D eigenvalue weighted by molar-refractivity contribution is 7.98. The molecule has 0 aliphatic carbocycles. The van der Waals surface area contributed by atoms with Crippen LogP contribution in [0.4, 0.5) is 0 Å². The molecule has 0 aromatic heterocycles. The molecule has 0 amide bonds. The predicted molar refractivity (Wildman–Crippen MR) is 75.2 cm³/mol. The number of hydrogen-bond donors (Lipinski definition) is 1. The van der Waals surface area contributed by atoms with Gasteiger partial charge < -0.3 is 5.32 Å². The first-order valence-electron chi connectivity index (χ1n) is 6.13. The van der Waals surface area contributed by atoms with Crippen molar-refractivity contribution in [2.75, 3.05) is 18.6 Å². The predicted octanol–water partition coefficient (Wildman–Crippen LogP) is 3.65.